The van der Waals surface area contributed by atoms with Gasteiger partial charge in [-0.25, -0.2) is 0 Å². The first-order chi connectivity index (χ1) is 10.1. The summed E-state index contributed by atoms with van der Waals surface area (Å²) in [5.41, 5.74) is 2.37. The molecular weight excluding hydrogens is 266 g/mol. The van der Waals surface area contributed by atoms with Gasteiger partial charge in [-0.3, -0.25) is 9.59 Å². The van der Waals surface area contributed by atoms with Crippen molar-refractivity contribution in [1.82, 2.24) is 4.90 Å². The Balaban J connectivity index is 1.86. The summed E-state index contributed by atoms with van der Waals surface area (Å²) in [5.74, 6) is -0.634. The molecule has 1 aromatic carbocycles. The molecule has 4 nitrogen and oxygen atoms in total. The van der Waals surface area contributed by atoms with Crippen molar-refractivity contribution in [3.05, 3.63) is 35.4 Å². The van der Waals surface area contributed by atoms with Gasteiger partial charge in [0, 0.05) is 25.4 Å². The molecule has 0 saturated heterocycles. The number of carbonyl (C=O) groups is 2. The molecule has 0 atom stereocenters. The van der Waals surface area contributed by atoms with Crippen molar-refractivity contribution in [2.45, 2.75) is 58.0 Å². The van der Waals surface area contributed by atoms with E-state index in [2.05, 4.69) is 25.1 Å². The van der Waals surface area contributed by atoms with Crippen LogP contribution in [0.2, 0.25) is 0 Å². The molecule has 0 aliphatic heterocycles. The van der Waals surface area contributed by atoms with Gasteiger partial charge in [0.15, 0.2) is 0 Å². The van der Waals surface area contributed by atoms with E-state index in [0.29, 0.717) is 31.8 Å². The maximum absolute atomic E-state index is 12.3. The zero-order valence-electron chi connectivity index (χ0n) is 12.5. The first kappa shape index (κ1) is 15.5. The molecule has 21 heavy (non-hydrogen) atoms. The van der Waals surface area contributed by atoms with Crippen LogP contribution in [0.4, 0.5) is 0 Å². The van der Waals surface area contributed by atoms with Gasteiger partial charge in [0.25, 0.3) is 0 Å². The SMILES string of the molecule is Cc1cccc(CN(C(=O)CCCCC(=O)O)C2CC2)c1. The average molecular weight is 289 g/mol. The molecule has 0 bridgehead atoms. The molecule has 0 radical (unpaired) electrons. The molecule has 1 aliphatic carbocycles. The second-order valence-corrected chi connectivity index (χ2v) is 5.84. The summed E-state index contributed by atoms with van der Waals surface area (Å²) in [5, 5.41) is 8.61. The lowest BCUT2D eigenvalue weighted by molar-refractivity contribution is -0.137. The van der Waals surface area contributed by atoms with Gasteiger partial charge < -0.3 is 10.0 Å². The normalized spacial score (nSPS) is 14.0. The summed E-state index contributed by atoms with van der Waals surface area (Å²) in [6, 6.07) is 8.64. The van der Waals surface area contributed by atoms with Crippen molar-refractivity contribution in [2.24, 2.45) is 0 Å². The largest absolute Gasteiger partial charge is 0.481 e. The van der Waals surface area contributed by atoms with Crippen LogP contribution in [0.1, 0.15) is 49.7 Å². The van der Waals surface area contributed by atoms with E-state index in [1.165, 1.54) is 11.1 Å². The third-order valence-corrected chi connectivity index (χ3v) is 3.77. The topological polar surface area (TPSA) is 57.6 Å². The number of rotatable bonds is 8. The molecule has 0 heterocycles. The second kappa shape index (κ2) is 7.25. The molecule has 0 aromatic heterocycles. The van der Waals surface area contributed by atoms with E-state index in [1.807, 2.05) is 11.0 Å². The molecule has 1 fully saturated rings. The molecule has 1 amide bonds. The minimum absolute atomic E-state index is 0.147. The van der Waals surface area contributed by atoms with Crippen LogP contribution >= 0.6 is 0 Å². The Hall–Kier alpha value is -1.84. The summed E-state index contributed by atoms with van der Waals surface area (Å²) in [6.07, 6.45) is 4.01. The minimum atomic E-state index is -0.791. The highest BCUT2D eigenvalue weighted by Gasteiger charge is 2.32. The van der Waals surface area contributed by atoms with Crippen LogP contribution in [0.25, 0.3) is 0 Å². The van der Waals surface area contributed by atoms with Crippen LogP contribution in [0.15, 0.2) is 24.3 Å². The number of amides is 1. The first-order valence-electron chi connectivity index (χ1n) is 7.63. The van der Waals surface area contributed by atoms with E-state index in [4.69, 9.17) is 5.11 Å². The standard InChI is InChI=1S/C17H23NO3/c1-13-5-4-6-14(11-13)12-18(15-9-10-15)16(19)7-2-3-8-17(20)21/h4-6,11,15H,2-3,7-10,12H2,1H3,(H,20,21). The van der Waals surface area contributed by atoms with E-state index in [0.717, 1.165) is 12.8 Å². The molecule has 1 aromatic rings. The molecule has 1 aliphatic rings. The van der Waals surface area contributed by atoms with Gasteiger partial charge in [-0.15, -0.1) is 0 Å². The van der Waals surface area contributed by atoms with E-state index >= 15 is 0 Å². The van der Waals surface area contributed by atoms with E-state index < -0.39 is 5.97 Å². The van der Waals surface area contributed by atoms with Crippen LogP contribution in [-0.4, -0.2) is 27.9 Å². The monoisotopic (exact) mass is 289 g/mol. The maximum Gasteiger partial charge on any atom is 0.303 e. The number of carboxylic acid groups (broad SMARTS) is 1. The summed E-state index contributed by atoms with van der Waals surface area (Å²) < 4.78 is 0. The summed E-state index contributed by atoms with van der Waals surface area (Å²) >= 11 is 0. The van der Waals surface area contributed by atoms with E-state index in [9.17, 15) is 9.59 Å². The number of nitrogens with zero attached hydrogens (tertiary/aromatic N) is 1. The number of hydrogen-bond donors (Lipinski definition) is 1. The molecule has 4 heteroatoms. The van der Waals surface area contributed by atoms with Crippen LogP contribution in [-0.2, 0) is 16.1 Å². The fraction of sp³-hybridized carbons (Fsp3) is 0.529. The third-order valence-electron chi connectivity index (χ3n) is 3.77. The zero-order chi connectivity index (χ0) is 15.2. The molecule has 1 saturated carbocycles. The predicted molar refractivity (Wildman–Crippen MR) is 80.9 cm³/mol. The van der Waals surface area contributed by atoms with Gasteiger partial charge in [0.05, 0.1) is 0 Å². The van der Waals surface area contributed by atoms with Gasteiger partial charge >= 0.3 is 5.97 Å². The Morgan fingerprint density at radius 3 is 2.57 bits per heavy atom. The van der Waals surface area contributed by atoms with Crippen LogP contribution in [0.5, 0.6) is 0 Å². The Kier molecular flexibility index (Phi) is 5.37. The molecule has 114 valence electrons. The summed E-state index contributed by atoms with van der Waals surface area (Å²) in [6.45, 7) is 2.72. The van der Waals surface area contributed by atoms with Crippen molar-refractivity contribution in [1.29, 1.82) is 0 Å². The van der Waals surface area contributed by atoms with E-state index in [1.54, 1.807) is 0 Å². The van der Waals surface area contributed by atoms with Crippen LogP contribution in [0, 0.1) is 6.92 Å². The molecule has 1 N–H and O–H groups in total. The lowest BCUT2D eigenvalue weighted by Crippen LogP contribution is -2.32. The predicted octanol–water partition coefficient (Wildman–Crippen LogP) is 3.13. The van der Waals surface area contributed by atoms with Gasteiger partial charge in [0.2, 0.25) is 5.91 Å². The Bertz CT molecular complexity index is 509. The Labute approximate surface area is 125 Å². The third kappa shape index (κ3) is 5.21. The van der Waals surface area contributed by atoms with Crippen molar-refractivity contribution >= 4 is 11.9 Å². The van der Waals surface area contributed by atoms with Gasteiger partial charge in [-0.05, 0) is 38.2 Å². The van der Waals surface area contributed by atoms with Gasteiger partial charge in [-0.1, -0.05) is 29.8 Å². The van der Waals surface area contributed by atoms with Crippen molar-refractivity contribution in [2.75, 3.05) is 0 Å². The first-order valence-corrected chi connectivity index (χ1v) is 7.63. The number of hydrogen-bond acceptors (Lipinski definition) is 2. The van der Waals surface area contributed by atoms with Gasteiger partial charge in [-0.2, -0.15) is 0 Å². The second-order valence-electron chi connectivity index (χ2n) is 5.84. The highest BCUT2D eigenvalue weighted by molar-refractivity contribution is 5.77. The smallest absolute Gasteiger partial charge is 0.303 e. The van der Waals surface area contributed by atoms with E-state index in [-0.39, 0.29) is 12.3 Å². The highest BCUT2D eigenvalue weighted by Crippen LogP contribution is 2.29. The number of unbranched alkanes of at least 4 members (excludes halogenated alkanes) is 1. The summed E-state index contributed by atoms with van der Waals surface area (Å²) in [7, 11) is 0. The number of carbonyl (C=O) groups excluding carboxylic acids is 1. The molecule has 0 unspecified atom stereocenters. The number of aryl methyl sites for hydroxylation is 1. The Morgan fingerprint density at radius 2 is 1.95 bits per heavy atom. The van der Waals surface area contributed by atoms with Crippen molar-refractivity contribution in [3.63, 3.8) is 0 Å². The fourth-order valence-corrected chi connectivity index (χ4v) is 2.51. The maximum atomic E-state index is 12.3. The lowest BCUT2D eigenvalue weighted by atomic mass is 10.1. The Morgan fingerprint density at radius 1 is 1.24 bits per heavy atom. The zero-order valence-corrected chi connectivity index (χ0v) is 12.5. The van der Waals surface area contributed by atoms with Crippen LogP contribution < -0.4 is 0 Å². The van der Waals surface area contributed by atoms with Crippen LogP contribution in [0.3, 0.4) is 0 Å². The molecule has 2 rings (SSSR count). The molecule has 0 spiro atoms. The number of aliphatic carboxylic acids is 1. The highest BCUT2D eigenvalue weighted by atomic mass is 16.4. The fourth-order valence-electron chi connectivity index (χ4n) is 2.51. The van der Waals surface area contributed by atoms with Gasteiger partial charge in [0.1, 0.15) is 0 Å². The molecular formula is C17H23NO3. The lowest BCUT2D eigenvalue weighted by Gasteiger charge is -2.23. The minimum Gasteiger partial charge on any atom is -0.481 e. The summed E-state index contributed by atoms with van der Waals surface area (Å²) in [4.78, 5) is 24.8. The quantitative estimate of drug-likeness (QED) is 0.748. The van der Waals surface area contributed by atoms with Crippen molar-refractivity contribution < 1.29 is 14.7 Å². The van der Waals surface area contributed by atoms with Crippen molar-refractivity contribution in [3.8, 4) is 0 Å². The number of benzene rings is 1. The number of carboxylic acids is 1. The average Bonchev–Trinajstić information content (AvgIpc) is 3.25.